The first-order valence-electron chi connectivity index (χ1n) is 9.59. The third kappa shape index (κ3) is 6.25. The standard InChI is InChI=1S/C19H30N4O4S/c1-6-26-16(24)14-13(12-20-18(25)27-19(2,3)4)21-17(28-5)22-15(14)23-10-8-7-9-11-23/h6-12H2,1-5H3,(H,20,25). The molecule has 1 N–H and O–H groups in total. The molecule has 0 bridgehead atoms. The Morgan fingerprint density at radius 3 is 2.43 bits per heavy atom. The quantitative estimate of drug-likeness (QED) is 0.433. The Morgan fingerprint density at radius 1 is 1.18 bits per heavy atom. The number of nitrogens with zero attached hydrogens (tertiary/aromatic N) is 3. The monoisotopic (exact) mass is 410 g/mol. The van der Waals surface area contributed by atoms with Crippen LogP contribution in [0.15, 0.2) is 5.16 Å². The van der Waals surface area contributed by atoms with Crippen molar-refractivity contribution in [1.82, 2.24) is 15.3 Å². The van der Waals surface area contributed by atoms with Crippen LogP contribution in [0.25, 0.3) is 0 Å². The highest BCUT2D eigenvalue weighted by atomic mass is 32.2. The first-order valence-corrected chi connectivity index (χ1v) is 10.8. The first kappa shape index (κ1) is 22.3. The van der Waals surface area contributed by atoms with Crippen molar-refractivity contribution in [2.45, 2.75) is 64.3 Å². The Hall–Kier alpha value is -2.03. The Bertz CT molecular complexity index is 700. The minimum atomic E-state index is -0.608. The van der Waals surface area contributed by atoms with E-state index in [1.54, 1.807) is 27.7 Å². The fourth-order valence-corrected chi connectivity index (χ4v) is 3.29. The van der Waals surface area contributed by atoms with Crippen LogP contribution in [0.2, 0.25) is 0 Å². The van der Waals surface area contributed by atoms with Crippen molar-refractivity contribution in [1.29, 1.82) is 0 Å². The van der Waals surface area contributed by atoms with Gasteiger partial charge in [0.2, 0.25) is 0 Å². The average Bonchev–Trinajstić information content (AvgIpc) is 2.65. The van der Waals surface area contributed by atoms with E-state index in [4.69, 9.17) is 9.47 Å². The third-order valence-electron chi connectivity index (χ3n) is 4.06. The molecule has 1 aliphatic heterocycles. The molecular formula is C19H30N4O4S. The number of aromatic nitrogens is 2. The molecule has 8 nitrogen and oxygen atoms in total. The van der Waals surface area contributed by atoms with E-state index in [-0.39, 0.29) is 13.2 Å². The van der Waals surface area contributed by atoms with Crippen LogP contribution >= 0.6 is 11.8 Å². The van der Waals surface area contributed by atoms with E-state index in [0.717, 1.165) is 25.9 Å². The predicted molar refractivity (Wildman–Crippen MR) is 109 cm³/mol. The molecule has 2 rings (SSSR count). The number of nitrogens with one attached hydrogen (secondary N) is 1. The lowest BCUT2D eigenvalue weighted by Crippen LogP contribution is -2.35. The number of carbonyl (C=O) groups is 2. The molecule has 156 valence electrons. The SMILES string of the molecule is CCOC(=O)c1c(CNC(=O)OC(C)(C)C)nc(SC)nc1N1CCCCC1. The number of carbonyl (C=O) groups excluding carboxylic acids is 2. The molecule has 1 amide bonds. The van der Waals surface area contributed by atoms with Crippen LogP contribution in [-0.2, 0) is 16.0 Å². The van der Waals surface area contributed by atoms with Gasteiger partial charge < -0.3 is 19.7 Å². The van der Waals surface area contributed by atoms with Gasteiger partial charge in [-0.05, 0) is 53.2 Å². The largest absolute Gasteiger partial charge is 0.462 e. The van der Waals surface area contributed by atoms with Gasteiger partial charge in [-0.2, -0.15) is 0 Å². The molecule has 0 spiro atoms. The van der Waals surface area contributed by atoms with Gasteiger partial charge >= 0.3 is 12.1 Å². The van der Waals surface area contributed by atoms with Crippen molar-refractivity contribution in [2.24, 2.45) is 0 Å². The molecule has 1 aromatic heterocycles. The van der Waals surface area contributed by atoms with Gasteiger partial charge in [-0.15, -0.1) is 0 Å². The lowest BCUT2D eigenvalue weighted by molar-refractivity contribution is 0.0500. The number of hydrogen-bond donors (Lipinski definition) is 1. The zero-order valence-corrected chi connectivity index (χ0v) is 18.1. The highest BCUT2D eigenvalue weighted by molar-refractivity contribution is 7.98. The number of piperidine rings is 1. The van der Waals surface area contributed by atoms with Crippen molar-refractivity contribution in [3.05, 3.63) is 11.3 Å². The highest BCUT2D eigenvalue weighted by Crippen LogP contribution is 2.27. The van der Waals surface area contributed by atoms with Crippen molar-refractivity contribution in [3.8, 4) is 0 Å². The summed E-state index contributed by atoms with van der Waals surface area (Å²) >= 11 is 1.39. The van der Waals surface area contributed by atoms with Crippen molar-refractivity contribution in [2.75, 3.05) is 30.9 Å². The van der Waals surface area contributed by atoms with Gasteiger partial charge in [0.1, 0.15) is 17.0 Å². The maximum atomic E-state index is 12.7. The number of esters is 1. The molecule has 0 atom stereocenters. The maximum absolute atomic E-state index is 12.7. The van der Waals surface area contributed by atoms with E-state index in [9.17, 15) is 9.59 Å². The Balaban J connectivity index is 2.37. The van der Waals surface area contributed by atoms with Gasteiger partial charge in [0.25, 0.3) is 0 Å². The van der Waals surface area contributed by atoms with E-state index in [1.165, 1.54) is 18.2 Å². The fraction of sp³-hybridized carbons (Fsp3) is 0.684. The molecule has 1 aromatic rings. The van der Waals surface area contributed by atoms with Crippen LogP contribution in [0.4, 0.5) is 10.6 Å². The Morgan fingerprint density at radius 2 is 1.86 bits per heavy atom. The number of thioether (sulfide) groups is 1. The molecule has 1 saturated heterocycles. The van der Waals surface area contributed by atoms with Gasteiger partial charge in [0.05, 0.1) is 18.8 Å². The molecular weight excluding hydrogens is 380 g/mol. The molecule has 0 radical (unpaired) electrons. The lowest BCUT2D eigenvalue weighted by atomic mass is 10.1. The van der Waals surface area contributed by atoms with Gasteiger partial charge in [-0.25, -0.2) is 19.6 Å². The molecule has 1 fully saturated rings. The molecule has 0 saturated carbocycles. The fourth-order valence-electron chi connectivity index (χ4n) is 2.91. The Labute approximate surface area is 170 Å². The summed E-state index contributed by atoms with van der Waals surface area (Å²) in [7, 11) is 0. The number of amides is 1. The summed E-state index contributed by atoms with van der Waals surface area (Å²) in [6.45, 7) is 9.10. The number of anilines is 1. The zero-order chi connectivity index (χ0) is 20.7. The van der Waals surface area contributed by atoms with Gasteiger partial charge in [-0.1, -0.05) is 11.8 Å². The summed E-state index contributed by atoms with van der Waals surface area (Å²) in [6.07, 6.45) is 4.58. The van der Waals surface area contributed by atoms with Crippen LogP contribution in [0.1, 0.15) is 63.0 Å². The smallest absolute Gasteiger partial charge is 0.407 e. The van der Waals surface area contributed by atoms with E-state index in [0.29, 0.717) is 22.2 Å². The van der Waals surface area contributed by atoms with E-state index in [2.05, 4.69) is 20.2 Å². The number of alkyl carbamates (subject to hydrolysis) is 1. The highest BCUT2D eigenvalue weighted by Gasteiger charge is 2.27. The van der Waals surface area contributed by atoms with Crippen molar-refractivity contribution < 1.29 is 19.1 Å². The summed E-state index contributed by atoms with van der Waals surface area (Å²) in [5, 5.41) is 3.24. The summed E-state index contributed by atoms with van der Waals surface area (Å²) in [5.74, 6) is 0.107. The van der Waals surface area contributed by atoms with Gasteiger partial charge in [0, 0.05) is 13.1 Å². The molecule has 9 heteroatoms. The van der Waals surface area contributed by atoms with Gasteiger partial charge in [0.15, 0.2) is 5.16 Å². The minimum absolute atomic E-state index is 0.0555. The molecule has 1 aliphatic rings. The maximum Gasteiger partial charge on any atom is 0.407 e. The summed E-state index contributed by atoms with van der Waals surface area (Å²) < 4.78 is 10.5. The van der Waals surface area contributed by atoms with Crippen LogP contribution in [-0.4, -0.2) is 53.6 Å². The minimum Gasteiger partial charge on any atom is -0.462 e. The second-order valence-corrected chi connectivity index (χ2v) is 8.25. The van der Waals surface area contributed by atoms with Crippen molar-refractivity contribution in [3.63, 3.8) is 0 Å². The topological polar surface area (TPSA) is 93.6 Å². The second-order valence-electron chi connectivity index (χ2n) is 7.48. The Kier molecular flexibility index (Phi) is 7.91. The molecule has 2 heterocycles. The van der Waals surface area contributed by atoms with Crippen LogP contribution in [0.5, 0.6) is 0 Å². The molecule has 0 aliphatic carbocycles. The second kappa shape index (κ2) is 9.95. The molecule has 0 unspecified atom stereocenters. The first-order chi connectivity index (χ1) is 13.2. The van der Waals surface area contributed by atoms with E-state index >= 15 is 0 Å². The summed E-state index contributed by atoms with van der Waals surface area (Å²) in [6, 6.07) is 0. The summed E-state index contributed by atoms with van der Waals surface area (Å²) in [4.78, 5) is 36.0. The van der Waals surface area contributed by atoms with E-state index in [1.807, 2.05) is 6.26 Å². The van der Waals surface area contributed by atoms with Crippen molar-refractivity contribution >= 4 is 29.6 Å². The zero-order valence-electron chi connectivity index (χ0n) is 17.3. The number of ether oxygens (including phenoxy) is 2. The van der Waals surface area contributed by atoms with Crippen LogP contribution < -0.4 is 10.2 Å². The lowest BCUT2D eigenvalue weighted by Gasteiger charge is -2.30. The van der Waals surface area contributed by atoms with Gasteiger partial charge in [-0.3, -0.25) is 0 Å². The third-order valence-corrected chi connectivity index (χ3v) is 4.61. The molecule has 0 aromatic carbocycles. The van der Waals surface area contributed by atoms with Crippen LogP contribution in [0.3, 0.4) is 0 Å². The average molecular weight is 411 g/mol. The number of hydrogen-bond acceptors (Lipinski definition) is 8. The number of rotatable bonds is 6. The summed E-state index contributed by atoms with van der Waals surface area (Å²) in [5.41, 5.74) is 0.144. The normalized spacial score (nSPS) is 14.5. The predicted octanol–water partition coefficient (Wildman–Crippen LogP) is 3.39. The van der Waals surface area contributed by atoms with E-state index < -0.39 is 17.7 Å². The van der Waals surface area contributed by atoms with Crippen LogP contribution in [0, 0.1) is 0 Å². The molecule has 28 heavy (non-hydrogen) atoms.